The summed E-state index contributed by atoms with van der Waals surface area (Å²) in [4.78, 5) is 108. The Morgan fingerprint density at radius 1 is 0.672 bits per heavy atom. The smallest absolute Gasteiger partial charge is 0.326 e. The summed E-state index contributed by atoms with van der Waals surface area (Å²) in [5.41, 5.74) is 7.52. The molecule has 0 saturated heterocycles. The van der Waals surface area contributed by atoms with Gasteiger partial charge in [0, 0.05) is 29.9 Å². The highest BCUT2D eigenvalue weighted by Gasteiger charge is 2.34. The number of aromatic amines is 1. The molecule has 64 heavy (non-hydrogen) atoms. The molecule has 3 rings (SSSR count). The number of phenolic OH excluding ortho intramolecular Hbond substituents is 1. The fraction of sp³-hybridized carbons (Fsp3) is 0.488. The lowest BCUT2D eigenvalue weighted by Crippen LogP contribution is -2.61. The topological polar surface area (TPSA) is 344 Å². The van der Waals surface area contributed by atoms with Crippen molar-refractivity contribution >= 4 is 58.2 Å². The Morgan fingerprint density at radius 2 is 1.23 bits per heavy atom. The summed E-state index contributed by atoms with van der Waals surface area (Å²) in [5.74, 6) is -7.89. The number of amides is 7. The van der Waals surface area contributed by atoms with Crippen molar-refractivity contribution in [1.29, 1.82) is 0 Å². The van der Waals surface area contributed by atoms with Gasteiger partial charge >= 0.3 is 5.97 Å². The SMILES string of the molecule is CC(C)C[C@H](NC(=O)[C@H](CO)NC(=O)[C@H](Cc1ccc(O)cc1)NC(=O)[C@H](Cc1c[nH]c2ccccc12)NC(=O)[C@@H](NC(=O)CNC(=O)[C@H](C)NC(=O)[C@@H](N)C(C)C)[C@@H](C)O)C(=O)O. The number of carboxylic acids is 1. The molecule has 14 N–H and O–H groups in total. The van der Waals surface area contributed by atoms with Crippen molar-refractivity contribution < 1.29 is 58.8 Å². The van der Waals surface area contributed by atoms with Crippen molar-refractivity contribution in [3.63, 3.8) is 0 Å². The second-order valence-corrected chi connectivity index (χ2v) is 16.3. The van der Waals surface area contributed by atoms with Crippen molar-refractivity contribution in [3.05, 3.63) is 65.9 Å². The van der Waals surface area contributed by atoms with Crippen molar-refractivity contribution in [2.24, 2.45) is 17.6 Å². The number of carbonyl (C=O) groups is 8. The fourth-order valence-electron chi connectivity index (χ4n) is 6.40. The molecule has 0 fully saturated rings. The van der Waals surface area contributed by atoms with Crippen LogP contribution in [0.15, 0.2) is 54.7 Å². The third-order valence-electron chi connectivity index (χ3n) is 10.2. The van der Waals surface area contributed by atoms with Gasteiger partial charge in [0.2, 0.25) is 41.4 Å². The third-order valence-corrected chi connectivity index (χ3v) is 10.2. The number of carboxylic acid groups (broad SMARTS) is 1. The second-order valence-electron chi connectivity index (χ2n) is 16.3. The van der Waals surface area contributed by atoms with Gasteiger partial charge in [0.05, 0.1) is 25.3 Å². The van der Waals surface area contributed by atoms with Gasteiger partial charge in [-0.25, -0.2) is 4.79 Å². The molecule has 21 heteroatoms. The zero-order valence-electron chi connectivity index (χ0n) is 36.6. The van der Waals surface area contributed by atoms with Crippen molar-refractivity contribution in [2.45, 2.75) is 109 Å². The van der Waals surface area contributed by atoms with Crippen LogP contribution >= 0.6 is 0 Å². The molecule has 0 aliphatic rings. The van der Waals surface area contributed by atoms with Crippen LogP contribution in [-0.4, -0.2) is 134 Å². The van der Waals surface area contributed by atoms with Crippen LogP contribution in [0.3, 0.4) is 0 Å². The highest BCUT2D eigenvalue weighted by atomic mass is 16.4. The molecule has 3 aromatic rings. The first kappa shape index (κ1) is 51.8. The number of para-hydroxylation sites is 1. The van der Waals surface area contributed by atoms with Gasteiger partial charge in [0.1, 0.15) is 42.0 Å². The molecule has 0 saturated carbocycles. The molecule has 21 nitrogen and oxygen atoms in total. The van der Waals surface area contributed by atoms with E-state index in [9.17, 15) is 58.8 Å². The number of hydrogen-bond donors (Lipinski definition) is 13. The maximum Gasteiger partial charge on any atom is 0.326 e. The van der Waals surface area contributed by atoms with E-state index in [4.69, 9.17) is 5.73 Å². The van der Waals surface area contributed by atoms with E-state index in [1.165, 1.54) is 38.1 Å². The van der Waals surface area contributed by atoms with Gasteiger partial charge in [0.25, 0.3) is 0 Å². The van der Waals surface area contributed by atoms with Crippen LogP contribution in [0.25, 0.3) is 10.9 Å². The van der Waals surface area contributed by atoms with Gasteiger partial charge in [-0.05, 0) is 61.4 Å². The predicted octanol–water partition coefficient (Wildman–Crippen LogP) is -1.81. The number of phenols is 1. The summed E-state index contributed by atoms with van der Waals surface area (Å²) in [7, 11) is 0. The normalized spacial score (nSPS) is 15.0. The van der Waals surface area contributed by atoms with Gasteiger partial charge in [-0.15, -0.1) is 0 Å². The lowest BCUT2D eigenvalue weighted by molar-refractivity contribution is -0.143. The van der Waals surface area contributed by atoms with Crippen LogP contribution in [-0.2, 0) is 51.2 Å². The van der Waals surface area contributed by atoms with Crippen LogP contribution < -0.4 is 43.0 Å². The number of nitrogens with two attached hydrogens (primary N) is 1. The number of rotatable bonds is 24. The average Bonchev–Trinajstić information content (AvgIpc) is 3.65. The maximum absolute atomic E-state index is 14.3. The molecule has 0 unspecified atom stereocenters. The maximum atomic E-state index is 14.3. The van der Waals surface area contributed by atoms with E-state index >= 15 is 0 Å². The minimum atomic E-state index is -1.67. The zero-order chi connectivity index (χ0) is 47.8. The zero-order valence-corrected chi connectivity index (χ0v) is 36.6. The van der Waals surface area contributed by atoms with Gasteiger partial charge in [-0.3, -0.25) is 33.6 Å². The molecule has 0 aliphatic carbocycles. The number of aliphatic hydroxyl groups is 2. The van der Waals surface area contributed by atoms with Gasteiger partial charge < -0.3 is 68.4 Å². The number of aromatic hydroxyl groups is 1. The predicted molar refractivity (Wildman–Crippen MR) is 233 cm³/mol. The highest BCUT2D eigenvalue weighted by molar-refractivity contribution is 5.97. The van der Waals surface area contributed by atoms with Crippen LogP contribution in [0, 0.1) is 11.8 Å². The number of aliphatic hydroxyl groups excluding tert-OH is 2. The third kappa shape index (κ3) is 15.6. The van der Waals surface area contributed by atoms with E-state index in [0.717, 1.165) is 0 Å². The molecule has 2 aromatic carbocycles. The van der Waals surface area contributed by atoms with E-state index in [1.54, 1.807) is 58.2 Å². The molecular weight excluding hydrogens is 835 g/mol. The minimum absolute atomic E-state index is 0.0567. The van der Waals surface area contributed by atoms with Crippen LogP contribution in [0.2, 0.25) is 0 Å². The number of hydrogen-bond acceptors (Lipinski definition) is 12. The molecule has 0 bridgehead atoms. The standard InChI is InChI=1S/C43H61N9O12/c1-21(2)15-32(43(63)64)50-40(60)33(20-53)51-38(58)30(16-25-11-13-27(55)14-12-25)48-39(59)31(17-26-18-45-29-10-8-7-9-28(26)29)49-42(62)36(24(6)54)52-34(56)19-46-37(57)23(5)47-41(61)35(44)22(3)4/h7-14,18,21-24,30-33,35-36,45,53-55H,15-17,19-20,44H2,1-6H3,(H,46,57)(H,47,61)(H,48,59)(H,49,62)(H,50,60)(H,51,58)(H,52,56)(H,63,64)/t23-,24+,30-,31-,32-,33-,35-,36-/m0/s1. The van der Waals surface area contributed by atoms with Crippen molar-refractivity contribution in [1.82, 2.24) is 42.2 Å². The van der Waals surface area contributed by atoms with E-state index in [2.05, 4.69) is 42.2 Å². The lowest BCUT2D eigenvalue weighted by atomic mass is 10.0. The molecule has 0 spiro atoms. The molecule has 1 heterocycles. The molecule has 8 atom stereocenters. The molecule has 1 aromatic heterocycles. The van der Waals surface area contributed by atoms with Gasteiger partial charge in [-0.2, -0.15) is 0 Å². The Morgan fingerprint density at radius 3 is 1.81 bits per heavy atom. The summed E-state index contributed by atoms with van der Waals surface area (Å²) < 4.78 is 0. The first-order valence-electron chi connectivity index (χ1n) is 20.8. The quantitative estimate of drug-likeness (QED) is 0.0472. The molecule has 0 radical (unpaired) electrons. The number of H-pyrrole nitrogens is 1. The Bertz CT molecular complexity index is 2110. The summed E-state index contributed by atoms with van der Waals surface area (Å²) in [6.45, 7) is 7.95. The number of fused-ring (bicyclic) bond motifs is 1. The summed E-state index contributed by atoms with van der Waals surface area (Å²) in [6.07, 6.45) is -0.294. The monoisotopic (exact) mass is 895 g/mol. The first-order valence-corrected chi connectivity index (χ1v) is 20.8. The number of carbonyl (C=O) groups excluding carboxylic acids is 7. The molecular formula is C43H61N9O12. The van der Waals surface area contributed by atoms with Crippen LogP contribution in [0.5, 0.6) is 5.75 Å². The summed E-state index contributed by atoms with van der Waals surface area (Å²) in [5, 5.41) is 57.9. The lowest BCUT2D eigenvalue weighted by Gasteiger charge is -2.27. The van der Waals surface area contributed by atoms with Gasteiger partial charge in [0.15, 0.2) is 0 Å². The van der Waals surface area contributed by atoms with E-state index in [1.807, 2.05) is 0 Å². The highest BCUT2D eigenvalue weighted by Crippen LogP contribution is 2.20. The van der Waals surface area contributed by atoms with E-state index in [0.29, 0.717) is 22.0 Å². The number of aliphatic carboxylic acids is 1. The Labute approximate surface area is 370 Å². The number of nitrogens with one attached hydrogen (secondary N) is 8. The summed E-state index contributed by atoms with van der Waals surface area (Å²) >= 11 is 0. The fourth-order valence-corrected chi connectivity index (χ4v) is 6.40. The summed E-state index contributed by atoms with van der Waals surface area (Å²) in [6, 6.07) is 3.14. The Hall–Kier alpha value is -6.58. The van der Waals surface area contributed by atoms with Crippen molar-refractivity contribution in [3.8, 4) is 5.75 Å². The van der Waals surface area contributed by atoms with Gasteiger partial charge in [-0.1, -0.05) is 58.0 Å². The van der Waals surface area contributed by atoms with Crippen molar-refractivity contribution in [2.75, 3.05) is 13.2 Å². The molecule has 350 valence electrons. The molecule has 7 amide bonds. The van der Waals surface area contributed by atoms with E-state index < -0.39 is 109 Å². The Kier molecular flexibility index (Phi) is 19.7. The largest absolute Gasteiger partial charge is 0.508 e. The minimum Gasteiger partial charge on any atom is -0.508 e. The van der Waals surface area contributed by atoms with Crippen LogP contribution in [0.4, 0.5) is 0 Å². The number of benzene rings is 2. The van der Waals surface area contributed by atoms with E-state index in [-0.39, 0.29) is 36.8 Å². The molecule has 0 aliphatic heterocycles. The second kappa shape index (κ2) is 24.3. The Balaban J connectivity index is 1.88. The van der Waals surface area contributed by atoms with Crippen LogP contribution in [0.1, 0.15) is 59.1 Å². The number of aromatic nitrogens is 1. The first-order chi connectivity index (χ1) is 30.1. The average molecular weight is 896 g/mol.